The first-order chi connectivity index (χ1) is 15.5. The maximum atomic E-state index is 13.0. The van der Waals surface area contributed by atoms with E-state index in [2.05, 4.69) is 11.4 Å². The van der Waals surface area contributed by atoms with Gasteiger partial charge in [0.1, 0.15) is 12.1 Å². The molecule has 0 aliphatic carbocycles. The highest BCUT2D eigenvalue weighted by Gasteiger charge is 2.49. The van der Waals surface area contributed by atoms with Crippen molar-refractivity contribution >= 4 is 39.4 Å². The monoisotopic (exact) mass is 448 g/mol. The second kappa shape index (κ2) is 8.02. The first-order valence-electron chi connectivity index (χ1n) is 10.8. The molecule has 2 saturated heterocycles. The highest BCUT2D eigenvalue weighted by Crippen LogP contribution is 2.34. The van der Waals surface area contributed by atoms with E-state index in [0.29, 0.717) is 24.6 Å². The number of amides is 4. The molecule has 0 unspecified atom stereocenters. The van der Waals surface area contributed by atoms with Gasteiger partial charge in [-0.2, -0.15) is 0 Å². The lowest BCUT2D eigenvalue weighted by atomic mass is 9.92. The van der Waals surface area contributed by atoms with Crippen LogP contribution in [0.5, 0.6) is 0 Å². The molecule has 2 fully saturated rings. The lowest BCUT2D eigenvalue weighted by Gasteiger charge is -2.32. The molecule has 8 heteroatoms. The minimum absolute atomic E-state index is 0.200. The van der Waals surface area contributed by atoms with Crippen LogP contribution in [0.2, 0.25) is 0 Å². The molecule has 1 aromatic heterocycles. The molecular formula is C24H24N4O3S. The van der Waals surface area contributed by atoms with Gasteiger partial charge in [-0.05, 0) is 37.5 Å². The zero-order chi connectivity index (χ0) is 22.3. The summed E-state index contributed by atoms with van der Waals surface area (Å²) >= 11 is 1.72. The first kappa shape index (κ1) is 20.6. The van der Waals surface area contributed by atoms with Crippen LogP contribution in [0.3, 0.4) is 0 Å². The summed E-state index contributed by atoms with van der Waals surface area (Å²) < 4.78 is 1.18. The number of thiazole rings is 1. The van der Waals surface area contributed by atoms with Crippen LogP contribution in [-0.2, 0) is 15.1 Å². The molecule has 1 N–H and O–H groups in total. The predicted molar refractivity (Wildman–Crippen MR) is 122 cm³/mol. The number of piperidine rings is 1. The largest absolute Gasteiger partial charge is 0.341 e. The van der Waals surface area contributed by atoms with Gasteiger partial charge in [0.2, 0.25) is 5.91 Å². The van der Waals surface area contributed by atoms with Crippen LogP contribution >= 0.6 is 11.3 Å². The summed E-state index contributed by atoms with van der Waals surface area (Å²) in [6.45, 7) is 2.63. The number of carbonyl (C=O) groups is 3. The average Bonchev–Trinajstić information content (AvgIpc) is 3.35. The van der Waals surface area contributed by atoms with Crippen LogP contribution in [0.4, 0.5) is 4.79 Å². The van der Waals surface area contributed by atoms with Crippen molar-refractivity contribution < 1.29 is 14.4 Å². The highest BCUT2D eigenvalue weighted by atomic mass is 32.1. The standard InChI is InChI=1S/C24H24N4O3S/c1-24(17-7-3-2-4-8-17)22(30)28(23(31)26-24)15-20(29)27-13-11-16(12-14-27)21-25-18-9-5-6-10-19(18)32-21/h2-10,16H,11-15H2,1H3,(H,26,31)/t24-/m1/s1. The molecule has 3 heterocycles. The summed E-state index contributed by atoms with van der Waals surface area (Å²) in [7, 11) is 0. The van der Waals surface area contributed by atoms with E-state index in [9.17, 15) is 14.4 Å². The molecule has 5 rings (SSSR count). The molecular weight excluding hydrogens is 424 g/mol. The molecule has 3 aromatic rings. The Morgan fingerprint density at radius 2 is 1.78 bits per heavy atom. The normalized spacial score (nSPS) is 21.9. The average molecular weight is 449 g/mol. The Morgan fingerprint density at radius 3 is 2.50 bits per heavy atom. The minimum Gasteiger partial charge on any atom is -0.341 e. The van der Waals surface area contributed by atoms with Crippen molar-refractivity contribution in [3.05, 3.63) is 65.2 Å². The van der Waals surface area contributed by atoms with E-state index in [0.717, 1.165) is 28.3 Å². The van der Waals surface area contributed by atoms with Crippen LogP contribution in [0.15, 0.2) is 54.6 Å². The summed E-state index contributed by atoms with van der Waals surface area (Å²) in [5, 5.41) is 3.87. The van der Waals surface area contributed by atoms with Gasteiger partial charge in [-0.3, -0.25) is 14.5 Å². The predicted octanol–water partition coefficient (Wildman–Crippen LogP) is 3.47. The number of para-hydroxylation sites is 1. The number of aromatic nitrogens is 1. The van der Waals surface area contributed by atoms with E-state index in [-0.39, 0.29) is 12.5 Å². The van der Waals surface area contributed by atoms with Crippen molar-refractivity contribution in [3.8, 4) is 0 Å². The third-order valence-electron chi connectivity index (χ3n) is 6.43. The Bertz CT molecular complexity index is 1150. The molecule has 4 amide bonds. The third-order valence-corrected chi connectivity index (χ3v) is 7.63. The van der Waals surface area contributed by atoms with Gasteiger partial charge >= 0.3 is 6.03 Å². The Balaban J connectivity index is 1.22. The highest BCUT2D eigenvalue weighted by molar-refractivity contribution is 7.18. The lowest BCUT2D eigenvalue weighted by molar-refractivity contribution is -0.139. The quantitative estimate of drug-likeness (QED) is 0.620. The maximum absolute atomic E-state index is 13.0. The topological polar surface area (TPSA) is 82.6 Å². The number of likely N-dealkylation sites (tertiary alicyclic amines) is 1. The van der Waals surface area contributed by atoms with Crippen LogP contribution in [0.25, 0.3) is 10.2 Å². The molecule has 0 radical (unpaired) electrons. The number of rotatable bonds is 4. The Kier molecular flexibility index (Phi) is 5.17. The van der Waals surface area contributed by atoms with Crippen molar-refractivity contribution in [3.63, 3.8) is 0 Å². The van der Waals surface area contributed by atoms with E-state index < -0.39 is 17.5 Å². The molecule has 32 heavy (non-hydrogen) atoms. The zero-order valence-electron chi connectivity index (χ0n) is 17.8. The SMILES string of the molecule is C[C@]1(c2ccccc2)NC(=O)N(CC(=O)N2CCC(c3nc4ccccc4s3)CC2)C1=O. The van der Waals surface area contributed by atoms with E-state index in [1.54, 1.807) is 35.3 Å². The van der Waals surface area contributed by atoms with Gasteiger partial charge in [-0.25, -0.2) is 9.78 Å². The number of nitrogens with zero attached hydrogens (tertiary/aromatic N) is 3. The van der Waals surface area contributed by atoms with Crippen molar-refractivity contribution in [1.29, 1.82) is 0 Å². The molecule has 2 aliphatic heterocycles. The van der Waals surface area contributed by atoms with Gasteiger partial charge in [0.05, 0.1) is 15.2 Å². The molecule has 0 bridgehead atoms. The van der Waals surface area contributed by atoms with Crippen molar-refractivity contribution in [2.75, 3.05) is 19.6 Å². The van der Waals surface area contributed by atoms with Gasteiger partial charge in [-0.1, -0.05) is 42.5 Å². The van der Waals surface area contributed by atoms with Gasteiger partial charge < -0.3 is 10.2 Å². The molecule has 0 spiro atoms. The Labute approximate surface area is 190 Å². The van der Waals surface area contributed by atoms with E-state index in [1.165, 1.54) is 4.70 Å². The first-order valence-corrected chi connectivity index (χ1v) is 11.6. The van der Waals surface area contributed by atoms with Gasteiger partial charge in [-0.15, -0.1) is 11.3 Å². The van der Waals surface area contributed by atoms with E-state index >= 15 is 0 Å². The second-order valence-electron chi connectivity index (χ2n) is 8.49. The van der Waals surface area contributed by atoms with Crippen LogP contribution in [0, 0.1) is 0 Å². The van der Waals surface area contributed by atoms with Crippen molar-refractivity contribution in [2.24, 2.45) is 0 Å². The number of nitrogens with one attached hydrogen (secondary N) is 1. The van der Waals surface area contributed by atoms with Crippen molar-refractivity contribution in [2.45, 2.75) is 31.2 Å². The van der Waals surface area contributed by atoms with E-state index in [1.807, 2.05) is 36.4 Å². The summed E-state index contributed by atoms with van der Waals surface area (Å²) in [5.41, 5.74) is 0.564. The zero-order valence-corrected chi connectivity index (χ0v) is 18.6. The van der Waals surface area contributed by atoms with Crippen molar-refractivity contribution in [1.82, 2.24) is 20.1 Å². The van der Waals surface area contributed by atoms with Crippen LogP contribution in [-0.4, -0.2) is 52.3 Å². The number of hydrogen-bond donors (Lipinski definition) is 1. The summed E-state index contributed by atoms with van der Waals surface area (Å²) in [5.74, 6) is -0.269. The summed E-state index contributed by atoms with van der Waals surface area (Å²) in [6, 6.07) is 16.7. The molecule has 2 aliphatic rings. The summed E-state index contributed by atoms with van der Waals surface area (Å²) in [4.78, 5) is 46.0. The van der Waals surface area contributed by atoms with Gasteiger partial charge in [0, 0.05) is 19.0 Å². The second-order valence-corrected chi connectivity index (χ2v) is 9.55. The van der Waals surface area contributed by atoms with Crippen LogP contribution in [0.1, 0.15) is 36.3 Å². The van der Waals surface area contributed by atoms with Gasteiger partial charge in [0.15, 0.2) is 0 Å². The number of carbonyl (C=O) groups excluding carboxylic acids is 3. The molecule has 164 valence electrons. The Morgan fingerprint density at radius 1 is 1.09 bits per heavy atom. The summed E-state index contributed by atoms with van der Waals surface area (Å²) in [6.07, 6.45) is 1.65. The fraction of sp³-hybridized carbons (Fsp3) is 0.333. The molecule has 1 atom stereocenters. The third kappa shape index (κ3) is 3.54. The molecule has 0 saturated carbocycles. The Hall–Kier alpha value is -3.26. The molecule has 2 aromatic carbocycles. The number of fused-ring (bicyclic) bond motifs is 1. The lowest BCUT2D eigenvalue weighted by Crippen LogP contribution is -2.46. The van der Waals surface area contributed by atoms with Gasteiger partial charge in [0.25, 0.3) is 5.91 Å². The minimum atomic E-state index is -1.15. The fourth-order valence-corrected chi connectivity index (χ4v) is 5.62. The maximum Gasteiger partial charge on any atom is 0.325 e. The van der Waals surface area contributed by atoms with E-state index in [4.69, 9.17) is 4.98 Å². The fourth-order valence-electron chi connectivity index (χ4n) is 4.48. The number of benzene rings is 2. The smallest absolute Gasteiger partial charge is 0.325 e. The molecule has 7 nitrogen and oxygen atoms in total. The number of imide groups is 1. The van der Waals surface area contributed by atoms with Crippen LogP contribution < -0.4 is 5.32 Å². The number of hydrogen-bond acceptors (Lipinski definition) is 5. The number of urea groups is 1.